The van der Waals surface area contributed by atoms with E-state index in [0.717, 1.165) is 33.5 Å². The highest BCUT2D eigenvalue weighted by atomic mass is 79.9. The molecule has 0 aromatic heterocycles. The molecule has 2 rings (SSSR count). The average molecular weight is 415 g/mol. The lowest BCUT2D eigenvalue weighted by Crippen LogP contribution is -2.20. The van der Waals surface area contributed by atoms with E-state index in [1.165, 1.54) is 5.56 Å². The van der Waals surface area contributed by atoms with E-state index in [9.17, 15) is 0 Å². The number of nitrogens with one attached hydrogen (secondary N) is 1. The van der Waals surface area contributed by atoms with E-state index in [1.54, 1.807) is 7.11 Å². The Kier molecular flexibility index (Phi) is 6.54. The summed E-state index contributed by atoms with van der Waals surface area (Å²) in [7, 11) is 1.64. The summed E-state index contributed by atoms with van der Waals surface area (Å²) < 4.78 is 12.7. The molecule has 0 bridgehead atoms. The molecule has 0 radical (unpaired) electrons. The first kappa shape index (κ1) is 16.3. The second-order valence-corrected chi connectivity index (χ2v) is 6.14. The van der Waals surface area contributed by atoms with Crippen molar-refractivity contribution in [1.29, 1.82) is 0 Å². The van der Waals surface area contributed by atoms with Crippen molar-refractivity contribution in [3.8, 4) is 11.5 Å². The molecule has 0 aliphatic heterocycles. The first-order valence-corrected chi connectivity index (χ1v) is 8.20. The molecule has 0 spiro atoms. The molecule has 2 aromatic carbocycles. The van der Waals surface area contributed by atoms with Crippen LogP contribution in [-0.4, -0.2) is 20.3 Å². The largest absolute Gasteiger partial charge is 0.496 e. The highest BCUT2D eigenvalue weighted by molar-refractivity contribution is 9.11. The second-order valence-electron chi connectivity index (χ2n) is 4.43. The Morgan fingerprint density at radius 1 is 1.00 bits per heavy atom. The zero-order chi connectivity index (χ0) is 15.1. The van der Waals surface area contributed by atoms with Gasteiger partial charge in [0.2, 0.25) is 0 Å². The lowest BCUT2D eigenvalue weighted by molar-refractivity contribution is 0.310. The molecule has 0 atom stereocenters. The monoisotopic (exact) mass is 413 g/mol. The molecule has 0 aliphatic carbocycles. The van der Waals surface area contributed by atoms with E-state index in [0.29, 0.717) is 6.61 Å². The molecule has 0 fully saturated rings. The minimum atomic E-state index is 0.601. The zero-order valence-electron chi connectivity index (χ0n) is 11.7. The third-order valence-electron chi connectivity index (χ3n) is 2.91. The van der Waals surface area contributed by atoms with Crippen molar-refractivity contribution in [2.45, 2.75) is 6.54 Å². The minimum Gasteiger partial charge on any atom is -0.496 e. The lowest BCUT2D eigenvalue weighted by Gasteiger charge is -2.11. The van der Waals surface area contributed by atoms with Crippen molar-refractivity contribution in [2.75, 3.05) is 20.3 Å². The zero-order valence-corrected chi connectivity index (χ0v) is 14.9. The van der Waals surface area contributed by atoms with Crippen LogP contribution in [-0.2, 0) is 6.54 Å². The third kappa shape index (κ3) is 5.02. The number of rotatable bonds is 7. The highest BCUT2D eigenvalue weighted by Gasteiger charge is 2.07. The SMILES string of the molecule is COc1cc(Br)c(OCCNCc2ccccc2)cc1Br. The maximum atomic E-state index is 5.76. The molecule has 0 unspecified atom stereocenters. The summed E-state index contributed by atoms with van der Waals surface area (Å²) in [6.45, 7) is 2.23. The molecular formula is C16H17Br2NO2. The molecule has 3 nitrogen and oxygen atoms in total. The van der Waals surface area contributed by atoms with E-state index in [2.05, 4.69) is 49.3 Å². The van der Waals surface area contributed by atoms with Crippen molar-refractivity contribution in [3.63, 3.8) is 0 Å². The first-order chi connectivity index (χ1) is 10.2. The topological polar surface area (TPSA) is 30.5 Å². The van der Waals surface area contributed by atoms with Gasteiger partial charge in [0.25, 0.3) is 0 Å². The molecule has 0 saturated carbocycles. The van der Waals surface area contributed by atoms with Crippen molar-refractivity contribution in [3.05, 3.63) is 57.0 Å². The van der Waals surface area contributed by atoms with Gasteiger partial charge in [-0.3, -0.25) is 0 Å². The van der Waals surface area contributed by atoms with Gasteiger partial charge in [-0.15, -0.1) is 0 Å². The van der Waals surface area contributed by atoms with Crippen molar-refractivity contribution in [1.82, 2.24) is 5.32 Å². The number of benzene rings is 2. The van der Waals surface area contributed by atoms with Crippen molar-refractivity contribution < 1.29 is 9.47 Å². The highest BCUT2D eigenvalue weighted by Crippen LogP contribution is 2.35. The summed E-state index contributed by atoms with van der Waals surface area (Å²) in [6, 6.07) is 14.1. The molecule has 0 aliphatic rings. The van der Waals surface area contributed by atoms with Crippen LogP contribution in [0.5, 0.6) is 11.5 Å². The van der Waals surface area contributed by atoms with Crippen LogP contribution in [0.25, 0.3) is 0 Å². The molecular weight excluding hydrogens is 398 g/mol. The van der Waals surface area contributed by atoms with Crippen molar-refractivity contribution in [2.24, 2.45) is 0 Å². The number of hydrogen-bond donors (Lipinski definition) is 1. The fraction of sp³-hybridized carbons (Fsp3) is 0.250. The summed E-state index contributed by atoms with van der Waals surface area (Å²) in [5.74, 6) is 1.57. The van der Waals surface area contributed by atoms with Gasteiger partial charge in [-0.05, 0) is 49.6 Å². The van der Waals surface area contributed by atoms with Gasteiger partial charge >= 0.3 is 0 Å². The number of hydrogen-bond acceptors (Lipinski definition) is 3. The van der Waals surface area contributed by atoms with E-state index in [1.807, 2.05) is 30.3 Å². The van der Waals surface area contributed by atoms with Gasteiger partial charge < -0.3 is 14.8 Å². The Hall–Kier alpha value is -1.04. The summed E-state index contributed by atoms with van der Waals surface area (Å²) in [6.07, 6.45) is 0. The lowest BCUT2D eigenvalue weighted by atomic mass is 10.2. The van der Waals surface area contributed by atoms with Gasteiger partial charge in [-0.25, -0.2) is 0 Å². The maximum absolute atomic E-state index is 5.76. The summed E-state index contributed by atoms with van der Waals surface area (Å²) in [4.78, 5) is 0. The van der Waals surface area contributed by atoms with Crippen molar-refractivity contribution >= 4 is 31.9 Å². The van der Waals surface area contributed by atoms with E-state index in [-0.39, 0.29) is 0 Å². The number of halogens is 2. The molecule has 0 amide bonds. The Balaban J connectivity index is 1.77. The Morgan fingerprint density at radius 3 is 2.38 bits per heavy atom. The van der Waals surface area contributed by atoms with E-state index < -0.39 is 0 Å². The van der Waals surface area contributed by atoms with Crippen LogP contribution in [0.15, 0.2) is 51.4 Å². The molecule has 21 heavy (non-hydrogen) atoms. The summed E-state index contributed by atoms with van der Waals surface area (Å²) in [5, 5.41) is 3.35. The van der Waals surface area contributed by atoms with Gasteiger partial charge in [0, 0.05) is 13.1 Å². The van der Waals surface area contributed by atoms with Gasteiger partial charge in [-0.2, -0.15) is 0 Å². The Morgan fingerprint density at radius 2 is 1.67 bits per heavy atom. The summed E-state index contributed by atoms with van der Waals surface area (Å²) in [5.41, 5.74) is 1.27. The van der Waals surface area contributed by atoms with Crippen LogP contribution in [0, 0.1) is 0 Å². The third-order valence-corrected chi connectivity index (χ3v) is 4.15. The fourth-order valence-corrected chi connectivity index (χ4v) is 2.76. The molecule has 112 valence electrons. The number of methoxy groups -OCH3 is 1. The van der Waals surface area contributed by atoms with Gasteiger partial charge in [-0.1, -0.05) is 30.3 Å². The predicted octanol–water partition coefficient (Wildman–Crippen LogP) is 4.39. The first-order valence-electron chi connectivity index (χ1n) is 6.61. The van der Waals surface area contributed by atoms with Crippen LogP contribution >= 0.6 is 31.9 Å². The Bertz CT molecular complexity index is 576. The van der Waals surface area contributed by atoms with E-state index in [4.69, 9.17) is 9.47 Å². The van der Waals surface area contributed by atoms with Crippen LogP contribution < -0.4 is 14.8 Å². The molecule has 2 aromatic rings. The predicted molar refractivity (Wildman–Crippen MR) is 92.0 cm³/mol. The van der Waals surface area contributed by atoms with Gasteiger partial charge in [0.15, 0.2) is 0 Å². The Labute approximate surface area is 141 Å². The molecule has 1 N–H and O–H groups in total. The fourth-order valence-electron chi connectivity index (χ4n) is 1.84. The molecule has 0 heterocycles. The van der Waals surface area contributed by atoms with E-state index >= 15 is 0 Å². The van der Waals surface area contributed by atoms with Crippen LogP contribution in [0.4, 0.5) is 0 Å². The van der Waals surface area contributed by atoms with Gasteiger partial charge in [0.05, 0.1) is 16.1 Å². The average Bonchev–Trinajstić information content (AvgIpc) is 2.51. The normalized spacial score (nSPS) is 10.4. The molecule has 0 saturated heterocycles. The quantitative estimate of drug-likeness (QED) is 0.681. The molecule has 5 heteroatoms. The standard InChI is InChI=1S/C16H17Br2NO2/c1-20-15-9-14(18)16(10-13(15)17)21-8-7-19-11-12-5-3-2-4-6-12/h2-6,9-10,19H,7-8,11H2,1H3. The van der Waals surface area contributed by atoms with Crippen LogP contribution in [0.3, 0.4) is 0 Å². The smallest absolute Gasteiger partial charge is 0.134 e. The number of ether oxygens (including phenoxy) is 2. The minimum absolute atomic E-state index is 0.601. The van der Waals surface area contributed by atoms with Crippen LogP contribution in [0.1, 0.15) is 5.56 Å². The second kappa shape index (κ2) is 8.41. The van der Waals surface area contributed by atoms with Gasteiger partial charge in [0.1, 0.15) is 18.1 Å². The van der Waals surface area contributed by atoms with Crippen LogP contribution in [0.2, 0.25) is 0 Å². The summed E-state index contributed by atoms with van der Waals surface area (Å²) >= 11 is 6.93. The maximum Gasteiger partial charge on any atom is 0.134 e.